The van der Waals surface area contributed by atoms with Crippen molar-refractivity contribution in [2.45, 2.75) is 242 Å². The van der Waals surface area contributed by atoms with Crippen LogP contribution in [0.3, 0.4) is 0 Å². The Kier molecular flexibility index (Phi) is 16.8. The maximum absolute atomic E-state index is 14.5. The summed E-state index contributed by atoms with van der Waals surface area (Å²) in [5.41, 5.74) is 1.65. The monoisotopic (exact) mass is 1030 g/mol. The van der Waals surface area contributed by atoms with Crippen molar-refractivity contribution in [1.29, 1.82) is 0 Å². The zero-order chi connectivity index (χ0) is 48.7. The molecule has 0 spiro atoms. The fraction of sp³-hybridized carbons (Fsp3) is 0.782. The second kappa shape index (κ2) is 21.7. The van der Waals surface area contributed by atoms with Crippen LogP contribution in [-0.2, 0) is 47.1 Å². The van der Waals surface area contributed by atoms with Crippen molar-refractivity contribution < 1.29 is 51.9 Å². The SMILES string of the molecule is C=C(Br)C[C@@H](CC[C@@]12C[C@H]3O[C@H]4C(O1)[C@H]1O[C@@H](CC(=O)C[C@H]5C(C[C@H]6O[C@@H](CCCC)C[C@@H](C)C6=C)O[C@H](C[C@H](C)CO[Si](C)(C)C(C)(C)C)[C@@H]5C)CC[C@@H]1O[C@H]4[C@H]3O2)OC(=O)c1ccccc1. The quantitative estimate of drug-likeness (QED) is 0.0665. The molecule has 0 radical (unpaired) electrons. The van der Waals surface area contributed by atoms with Crippen LogP contribution in [0.2, 0.25) is 18.1 Å². The second-order valence-electron chi connectivity index (χ2n) is 23.4. The van der Waals surface area contributed by atoms with Gasteiger partial charge in [-0.25, -0.2) is 4.79 Å². The summed E-state index contributed by atoms with van der Waals surface area (Å²) >= 11 is 3.50. The summed E-state index contributed by atoms with van der Waals surface area (Å²) in [7, 11) is -1.90. The smallest absolute Gasteiger partial charge is 0.338 e. The van der Waals surface area contributed by atoms with Crippen LogP contribution >= 0.6 is 15.9 Å². The van der Waals surface area contributed by atoms with E-state index in [0.717, 1.165) is 61.4 Å². The third kappa shape index (κ3) is 11.8. The fourth-order valence-electron chi connectivity index (χ4n) is 12.0. The maximum atomic E-state index is 14.5. The number of benzene rings is 1. The van der Waals surface area contributed by atoms with Gasteiger partial charge in [-0.05, 0) is 103 Å². The van der Waals surface area contributed by atoms with Crippen LogP contribution in [0.4, 0.5) is 0 Å². The molecule has 18 atom stereocenters. The molecule has 8 heterocycles. The van der Waals surface area contributed by atoms with Crippen molar-refractivity contribution in [1.82, 2.24) is 0 Å². The molecule has 380 valence electrons. The Morgan fingerprint density at radius 1 is 0.912 bits per heavy atom. The number of hydrogen-bond donors (Lipinski definition) is 0. The molecule has 13 heteroatoms. The first kappa shape index (κ1) is 52.5. The first-order valence-electron chi connectivity index (χ1n) is 26.3. The zero-order valence-electron chi connectivity index (χ0n) is 42.6. The predicted molar refractivity (Wildman–Crippen MR) is 268 cm³/mol. The van der Waals surface area contributed by atoms with E-state index in [1.165, 1.54) is 0 Å². The van der Waals surface area contributed by atoms with Gasteiger partial charge >= 0.3 is 5.97 Å². The summed E-state index contributed by atoms with van der Waals surface area (Å²) in [5.74, 6) is -0.177. The summed E-state index contributed by atoms with van der Waals surface area (Å²) in [6, 6.07) is 9.04. The normalized spacial score (nSPS) is 38.5. The van der Waals surface area contributed by atoms with Crippen LogP contribution in [0, 0.1) is 23.7 Å². The lowest BCUT2D eigenvalue weighted by Crippen LogP contribution is -2.61. The Hall–Kier alpha value is -1.78. The molecule has 1 aromatic rings. The van der Waals surface area contributed by atoms with E-state index in [0.29, 0.717) is 62.5 Å². The van der Waals surface area contributed by atoms with Crippen molar-refractivity contribution in [3.8, 4) is 0 Å². The number of ketones is 1. The number of esters is 1. The standard InChI is InChI=1S/C55H83BrO11Si/c1-12-13-19-39-25-33(3)35(5)45(60-39)29-46-42(36(6)44(63-46)24-32(2)31-59-68(10,11)54(7,8)9)28-38(57)27-40-20-21-43-48(61-40)52-51-50(64-43)49-47(65-51)30-55(66-49,67-52)23-22-41(26-34(4)56)62-53(58)37-17-15-14-16-18-37/h14-18,32-33,36,39-52H,4-5,12-13,19-31H2,1-3,6-11H3/t32-,33+,36+,39-,40+,41+,42+,43-,44+,45+,46?,47+,48-,49-,50-,51+,52?,55-/m0/s1. The summed E-state index contributed by atoms with van der Waals surface area (Å²) in [4.78, 5) is 27.6. The van der Waals surface area contributed by atoms with Crippen LogP contribution in [0.15, 0.2) is 53.5 Å². The molecule has 9 rings (SSSR count). The molecule has 0 aromatic heterocycles. The molecule has 8 saturated heterocycles. The maximum Gasteiger partial charge on any atom is 0.338 e. The van der Waals surface area contributed by atoms with Gasteiger partial charge in [-0.15, -0.1) is 0 Å². The minimum absolute atomic E-state index is 0.0212. The predicted octanol–water partition coefficient (Wildman–Crippen LogP) is 11.6. The second-order valence-corrected chi connectivity index (χ2v) is 29.4. The Bertz CT molecular complexity index is 1920. The average Bonchev–Trinajstić information content (AvgIpc) is 3.83. The van der Waals surface area contributed by atoms with Gasteiger partial charge in [0, 0.05) is 45.1 Å². The van der Waals surface area contributed by atoms with Crippen LogP contribution < -0.4 is 0 Å². The number of ether oxygens (including phenoxy) is 8. The third-order valence-corrected chi connectivity index (χ3v) is 22.0. The summed E-state index contributed by atoms with van der Waals surface area (Å²) in [5, 5.41) is 0.146. The molecule has 68 heavy (non-hydrogen) atoms. The van der Waals surface area contributed by atoms with Gasteiger partial charge in [0.05, 0.1) is 48.3 Å². The largest absolute Gasteiger partial charge is 0.458 e. The number of unbranched alkanes of at least 4 members (excludes halogenated alkanes) is 1. The Morgan fingerprint density at radius 3 is 2.35 bits per heavy atom. The lowest BCUT2D eigenvalue weighted by molar-refractivity contribution is -0.292. The van der Waals surface area contributed by atoms with Crippen molar-refractivity contribution >= 4 is 36.0 Å². The fourth-order valence-corrected chi connectivity index (χ4v) is 13.5. The summed E-state index contributed by atoms with van der Waals surface area (Å²) in [6.45, 7) is 29.9. The minimum Gasteiger partial charge on any atom is -0.458 e. The molecule has 8 aliphatic rings. The van der Waals surface area contributed by atoms with Crippen molar-refractivity contribution in [3.63, 3.8) is 0 Å². The van der Waals surface area contributed by atoms with Gasteiger partial charge in [0.2, 0.25) is 0 Å². The molecule has 11 nitrogen and oxygen atoms in total. The lowest BCUT2D eigenvalue weighted by Gasteiger charge is -2.47. The first-order chi connectivity index (χ1) is 32.2. The number of fused-ring (bicyclic) bond motifs is 1. The van der Waals surface area contributed by atoms with E-state index in [1.54, 1.807) is 12.1 Å². The highest BCUT2D eigenvalue weighted by Gasteiger charge is 2.68. The molecule has 8 fully saturated rings. The number of carbonyl (C=O) groups excluding carboxylic acids is 2. The summed E-state index contributed by atoms with van der Waals surface area (Å²) < 4.78 is 61.6. The van der Waals surface area contributed by atoms with Crippen LogP contribution in [-0.4, -0.2) is 112 Å². The number of rotatable bonds is 21. The van der Waals surface area contributed by atoms with Crippen LogP contribution in [0.25, 0.3) is 0 Å². The molecule has 0 aliphatic carbocycles. The van der Waals surface area contributed by atoms with Crippen LogP contribution in [0.5, 0.6) is 0 Å². The number of Topliss-reactive ketones (excluding diaryl/α,β-unsaturated/α-hetero) is 1. The van der Waals surface area contributed by atoms with E-state index < -0.39 is 32.4 Å². The molecule has 1 aromatic carbocycles. The molecule has 6 bridgehead atoms. The summed E-state index contributed by atoms with van der Waals surface area (Å²) in [6.07, 6.45) is 7.56. The van der Waals surface area contributed by atoms with Crippen molar-refractivity contribution in [3.05, 3.63) is 59.1 Å². The number of carbonyl (C=O) groups is 2. The van der Waals surface area contributed by atoms with Gasteiger partial charge in [0.25, 0.3) is 0 Å². The highest BCUT2D eigenvalue weighted by Crippen LogP contribution is 2.54. The average molecular weight is 1030 g/mol. The van der Waals surface area contributed by atoms with E-state index in [4.69, 9.17) is 42.3 Å². The molecule has 0 N–H and O–H groups in total. The van der Waals surface area contributed by atoms with Crippen LogP contribution in [0.1, 0.15) is 149 Å². The van der Waals surface area contributed by atoms with Gasteiger partial charge in [-0.2, -0.15) is 0 Å². The van der Waals surface area contributed by atoms with Gasteiger partial charge in [0.15, 0.2) is 14.1 Å². The lowest BCUT2D eigenvalue weighted by atomic mass is 9.78. The molecule has 0 saturated carbocycles. The highest BCUT2D eigenvalue weighted by molar-refractivity contribution is 9.11. The Balaban J connectivity index is 0.923. The zero-order valence-corrected chi connectivity index (χ0v) is 45.2. The Labute approximate surface area is 417 Å². The molecular weight excluding hydrogens is 945 g/mol. The molecule has 8 aliphatic heterocycles. The number of hydrogen-bond acceptors (Lipinski definition) is 11. The van der Waals surface area contributed by atoms with E-state index in [2.05, 4.69) is 90.6 Å². The molecular formula is C55H83BrO11Si. The van der Waals surface area contributed by atoms with E-state index >= 15 is 0 Å². The van der Waals surface area contributed by atoms with Crippen molar-refractivity contribution in [2.24, 2.45) is 23.7 Å². The first-order valence-corrected chi connectivity index (χ1v) is 30.0. The van der Waals surface area contributed by atoms with Gasteiger partial charge < -0.3 is 42.3 Å². The topological polar surface area (TPSA) is 117 Å². The third-order valence-electron chi connectivity index (χ3n) is 17.1. The van der Waals surface area contributed by atoms with E-state index in [1.807, 2.05) is 18.2 Å². The van der Waals surface area contributed by atoms with Gasteiger partial charge in [0.1, 0.15) is 42.4 Å². The highest BCUT2D eigenvalue weighted by atomic mass is 79.9. The molecule has 2 unspecified atom stereocenters. The minimum atomic E-state index is -1.90. The van der Waals surface area contributed by atoms with E-state index in [-0.39, 0.29) is 89.7 Å². The number of halogens is 1. The molecule has 0 amide bonds. The van der Waals surface area contributed by atoms with Gasteiger partial charge in [-0.3, -0.25) is 4.79 Å². The van der Waals surface area contributed by atoms with Crippen molar-refractivity contribution in [2.75, 3.05) is 6.61 Å². The van der Waals surface area contributed by atoms with Gasteiger partial charge in [-0.1, -0.05) is 109 Å². The Morgan fingerprint density at radius 2 is 1.63 bits per heavy atom. The van der Waals surface area contributed by atoms with E-state index in [9.17, 15) is 9.59 Å².